The number of fused-ring (bicyclic) bond motifs is 1. The van der Waals surface area contributed by atoms with Gasteiger partial charge in [0.25, 0.3) is 0 Å². The highest BCUT2D eigenvalue weighted by Crippen LogP contribution is 2.19. The van der Waals surface area contributed by atoms with Crippen LogP contribution < -0.4 is 0 Å². The summed E-state index contributed by atoms with van der Waals surface area (Å²) >= 11 is 0. The number of rotatable bonds is 0. The second-order valence-electron chi connectivity index (χ2n) is 3.15. The summed E-state index contributed by atoms with van der Waals surface area (Å²) < 4.78 is 5.09. The Morgan fingerprint density at radius 3 is 3.18 bits per heavy atom. The molecule has 1 aliphatic heterocycles. The fourth-order valence-electron chi connectivity index (χ4n) is 1.48. The molecule has 3 heteroatoms. The van der Waals surface area contributed by atoms with Crippen LogP contribution in [0, 0.1) is 6.92 Å². The largest absolute Gasteiger partial charge is 0.361 e. The van der Waals surface area contributed by atoms with Gasteiger partial charge in [-0.15, -0.1) is 0 Å². The highest BCUT2D eigenvalue weighted by atomic mass is 16.5. The van der Waals surface area contributed by atoms with Crippen LogP contribution in [0.5, 0.6) is 0 Å². The van der Waals surface area contributed by atoms with Gasteiger partial charge in [-0.3, -0.25) is 0 Å². The first-order valence-corrected chi connectivity index (χ1v) is 3.90. The minimum Gasteiger partial charge on any atom is -0.361 e. The molecule has 0 amide bonds. The maximum Gasteiger partial charge on any atom is 0.138 e. The maximum atomic E-state index is 5.09. The number of aromatic nitrogens is 1. The van der Waals surface area contributed by atoms with Crippen molar-refractivity contribution >= 4 is 0 Å². The monoisotopic (exact) mass is 152 g/mol. The lowest BCUT2D eigenvalue weighted by atomic mass is 10.1. The van der Waals surface area contributed by atoms with E-state index in [1.807, 2.05) is 6.92 Å². The summed E-state index contributed by atoms with van der Waals surface area (Å²) in [5.41, 5.74) is 2.44. The number of aryl methyl sites for hydroxylation is 1. The van der Waals surface area contributed by atoms with Gasteiger partial charge in [0.2, 0.25) is 0 Å². The van der Waals surface area contributed by atoms with Gasteiger partial charge in [-0.05, 0) is 14.0 Å². The average molecular weight is 152 g/mol. The van der Waals surface area contributed by atoms with Gasteiger partial charge >= 0.3 is 0 Å². The quantitative estimate of drug-likeness (QED) is 0.554. The molecule has 2 rings (SSSR count). The number of likely N-dealkylation sites (N-methyl/N-ethyl adjacent to an activating group) is 1. The van der Waals surface area contributed by atoms with Gasteiger partial charge < -0.3 is 9.42 Å². The van der Waals surface area contributed by atoms with Crippen molar-refractivity contribution in [1.82, 2.24) is 10.1 Å². The minimum atomic E-state index is 0.978. The van der Waals surface area contributed by atoms with Crippen molar-refractivity contribution in [2.75, 3.05) is 13.6 Å². The van der Waals surface area contributed by atoms with E-state index in [0.717, 1.165) is 31.0 Å². The summed E-state index contributed by atoms with van der Waals surface area (Å²) in [6.07, 6.45) is 1.03. The van der Waals surface area contributed by atoms with Gasteiger partial charge in [-0.1, -0.05) is 5.16 Å². The molecule has 0 atom stereocenters. The molecule has 0 saturated heterocycles. The Morgan fingerprint density at radius 2 is 2.36 bits per heavy atom. The first-order valence-electron chi connectivity index (χ1n) is 3.90. The second-order valence-corrected chi connectivity index (χ2v) is 3.15. The molecule has 0 radical (unpaired) electrons. The van der Waals surface area contributed by atoms with Crippen LogP contribution in [-0.4, -0.2) is 23.6 Å². The maximum absolute atomic E-state index is 5.09. The zero-order valence-corrected chi connectivity index (χ0v) is 6.92. The molecule has 0 fully saturated rings. The van der Waals surface area contributed by atoms with E-state index in [4.69, 9.17) is 4.52 Å². The third-order valence-corrected chi connectivity index (χ3v) is 2.22. The Balaban J connectivity index is 2.37. The SMILES string of the molecule is Cc1onc2c1CN(C)CC2. The summed E-state index contributed by atoms with van der Waals surface area (Å²) in [6, 6.07) is 0. The van der Waals surface area contributed by atoms with Crippen LogP contribution in [0.2, 0.25) is 0 Å². The predicted molar refractivity (Wildman–Crippen MR) is 41.3 cm³/mol. The molecule has 0 spiro atoms. The van der Waals surface area contributed by atoms with E-state index in [1.165, 1.54) is 5.56 Å². The minimum absolute atomic E-state index is 0.978. The molecule has 0 saturated carbocycles. The molecule has 60 valence electrons. The fourth-order valence-corrected chi connectivity index (χ4v) is 1.48. The van der Waals surface area contributed by atoms with Gasteiger partial charge in [0.1, 0.15) is 5.76 Å². The number of hydrogen-bond acceptors (Lipinski definition) is 3. The van der Waals surface area contributed by atoms with Gasteiger partial charge in [-0.25, -0.2) is 0 Å². The van der Waals surface area contributed by atoms with Crippen LogP contribution in [0.4, 0.5) is 0 Å². The van der Waals surface area contributed by atoms with E-state index >= 15 is 0 Å². The molecule has 3 nitrogen and oxygen atoms in total. The molecule has 1 aromatic heterocycles. The summed E-state index contributed by atoms with van der Waals surface area (Å²) in [4.78, 5) is 2.28. The van der Waals surface area contributed by atoms with Crippen LogP contribution in [0.25, 0.3) is 0 Å². The van der Waals surface area contributed by atoms with Crippen molar-refractivity contribution in [1.29, 1.82) is 0 Å². The van der Waals surface area contributed by atoms with Crippen molar-refractivity contribution in [2.45, 2.75) is 19.9 Å². The first kappa shape index (κ1) is 6.85. The van der Waals surface area contributed by atoms with E-state index < -0.39 is 0 Å². The summed E-state index contributed by atoms with van der Waals surface area (Å²) in [7, 11) is 2.12. The smallest absolute Gasteiger partial charge is 0.138 e. The Labute approximate surface area is 66.0 Å². The molecule has 1 aliphatic rings. The fraction of sp³-hybridized carbons (Fsp3) is 0.625. The van der Waals surface area contributed by atoms with E-state index in [0.29, 0.717) is 0 Å². The summed E-state index contributed by atoms with van der Waals surface area (Å²) in [6.45, 7) is 4.06. The van der Waals surface area contributed by atoms with Crippen molar-refractivity contribution in [3.05, 3.63) is 17.0 Å². The third kappa shape index (κ3) is 1.05. The van der Waals surface area contributed by atoms with Crippen LogP contribution >= 0.6 is 0 Å². The Hall–Kier alpha value is -0.830. The molecule has 0 N–H and O–H groups in total. The molecule has 11 heavy (non-hydrogen) atoms. The zero-order chi connectivity index (χ0) is 7.84. The second kappa shape index (κ2) is 2.34. The van der Waals surface area contributed by atoms with E-state index in [1.54, 1.807) is 0 Å². The topological polar surface area (TPSA) is 29.3 Å². The van der Waals surface area contributed by atoms with Crippen molar-refractivity contribution in [3.63, 3.8) is 0 Å². The van der Waals surface area contributed by atoms with Crippen LogP contribution in [-0.2, 0) is 13.0 Å². The summed E-state index contributed by atoms with van der Waals surface area (Å²) in [5, 5.41) is 3.99. The molecular formula is C8H12N2O. The number of nitrogens with zero attached hydrogens (tertiary/aromatic N) is 2. The average Bonchev–Trinajstić information content (AvgIpc) is 2.33. The van der Waals surface area contributed by atoms with Crippen LogP contribution in [0.15, 0.2) is 4.52 Å². The molecule has 2 heterocycles. The molecular weight excluding hydrogens is 140 g/mol. The van der Waals surface area contributed by atoms with Gasteiger partial charge in [0.05, 0.1) is 5.69 Å². The van der Waals surface area contributed by atoms with Crippen molar-refractivity contribution in [2.24, 2.45) is 0 Å². The van der Waals surface area contributed by atoms with Crippen LogP contribution in [0.3, 0.4) is 0 Å². The zero-order valence-electron chi connectivity index (χ0n) is 6.92. The highest BCUT2D eigenvalue weighted by Gasteiger charge is 2.19. The standard InChI is InChI=1S/C8H12N2O/c1-6-7-5-10(2)4-3-8(7)9-11-6/h3-5H2,1-2H3. The van der Waals surface area contributed by atoms with E-state index in [-0.39, 0.29) is 0 Å². The summed E-state index contributed by atoms with van der Waals surface area (Å²) in [5.74, 6) is 0.978. The third-order valence-electron chi connectivity index (χ3n) is 2.22. The Morgan fingerprint density at radius 1 is 1.55 bits per heavy atom. The van der Waals surface area contributed by atoms with Gasteiger partial charge in [-0.2, -0.15) is 0 Å². The predicted octanol–water partition coefficient (Wildman–Crippen LogP) is 0.971. The van der Waals surface area contributed by atoms with Gasteiger partial charge in [0, 0.05) is 25.1 Å². The first-order chi connectivity index (χ1) is 5.27. The lowest BCUT2D eigenvalue weighted by molar-refractivity contribution is 0.311. The number of hydrogen-bond donors (Lipinski definition) is 0. The molecule has 0 unspecified atom stereocenters. The van der Waals surface area contributed by atoms with Crippen LogP contribution in [0.1, 0.15) is 17.0 Å². The highest BCUT2D eigenvalue weighted by molar-refractivity contribution is 5.24. The molecule has 0 aliphatic carbocycles. The molecule has 0 aromatic carbocycles. The van der Waals surface area contributed by atoms with E-state index in [9.17, 15) is 0 Å². The molecule has 0 bridgehead atoms. The van der Waals surface area contributed by atoms with Crippen molar-refractivity contribution < 1.29 is 4.52 Å². The lowest BCUT2D eigenvalue weighted by Crippen LogP contribution is -2.26. The van der Waals surface area contributed by atoms with Crippen molar-refractivity contribution in [3.8, 4) is 0 Å². The lowest BCUT2D eigenvalue weighted by Gasteiger charge is -2.20. The molecule has 1 aromatic rings. The Kier molecular flexibility index (Phi) is 1.46. The normalized spacial score (nSPS) is 18.4. The van der Waals surface area contributed by atoms with E-state index in [2.05, 4.69) is 17.1 Å². The van der Waals surface area contributed by atoms with Gasteiger partial charge in [0.15, 0.2) is 0 Å². The Bertz CT molecular complexity index is 267.